The summed E-state index contributed by atoms with van der Waals surface area (Å²) in [5.74, 6) is 0.835. The monoisotopic (exact) mass is 151 g/mol. The molecule has 2 unspecified atom stereocenters. The molecule has 3 N–H and O–H groups in total. The molecule has 3 nitrogen and oxygen atoms in total. The largest absolute Gasteiger partial charge is 0.395 e. The molecular weight excluding hydrogens is 138 g/mol. The quantitative estimate of drug-likeness (QED) is 0.546. The van der Waals surface area contributed by atoms with E-state index in [1.807, 2.05) is 0 Å². The van der Waals surface area contributed by atoms with E-state index in [1.54, 1.807) is 6.92 Å². The van der Waals surface area contributed by atoms with Crippen molar-refractivity contribution < 1.29 is 9.32 Å². The molecule has 0 spiro atoms. The van der Waals surface area contributed by atoms with Crippen molar-refractivity contribution >= 4 is 10.8 Å². The van der Waals surface area contributed by atoms with Crippen LogP contribution in [0.15, 0.2) is 0 Å². The van der Waals surface area contributed by atoms with Gasteiger partial charge in [0.05, 0.1) is 6.61 Å². The zero-order chi connectivity index (χ0) is 7.28. The van der Waals surface area contributed by atoms with Crippen LogP contribution in [0, 0.1) is 0 Å². The second-order valence-corrected chi connectivity index (χ2v) is 3.63. The Hall–Kier alpha value is 0.0700. The van der Waals surface area contributed by atoms with Crippen molar-refractivity contribution in [2.24, 2.45) is 5.73 Å². The van der Waals surface area contributed by atoms with Gasteiger partial charge in [-0.15, -0.1) is 0 Å². The van der Waals surface area contributed by atoms with Crippen molar-refractivity contribution in [3.8, 4) is 0 Å². The van der Waals surface area contributed by atoms with Crippen LogP contribution >= 0.6 is 0 Å². The minimum Gasteiger partial charge on any atom is -0.395 e. The summed E-state index contributed by atoms with van der Waals surface area (Å²) in [4.78, 5) is 0. The lowest BCUT2D eigenvalue weighted by Gasteiger charge is -2.01. The van der Waals surface area contributed by atoms with Crippen LogP contribution in [0.4, 0.5) is 0 Å². The predicted octanol–water partition coefficient (Wildman–Crippen LogP) is -0.925. The van der Waals surface area contributed by atoms with Crippen LogP contribution in [0.3, 0.4) is 0 Å². The molecule has 0 aliphatic carbocycles. The molecule has 0 aliphatic heterocycles. The van der Waals surface area contributed by atoms with E-state index in [9.17, 15) is 4.21 Å². The van der Waals surface area contributed by atoms with Crippen molar-refractivity contribution in [1.82, 2.24) is 0 Å². The predicted molar refractivity (Wildman–Crippen MR) is 38.6 cm³/mol. The van der Waals surface area contributed by atoms with Crippen LogP contribution in [0.2, 0.25) is 0 Å². The van der Waals surface area contributed by atoms with Gasteiger partial charge in [-0.05, 0) is 6.92 Å². The van der Waals surface area contributed by atoms with E-state index in [0.717, 1.165) is 0 Å². The second-order valence-electron chi connectivity index (χ2n) is 2.01. The van der Waals surface area contributed by atoms with Gasteiger partial charge < -0.3 is 10.8 Å². The number of aliphatic hydroxyl groups is 1. The molecule has 0 aliphatic rings. The van der Waals surface area contributed by atoms with Crippen molar-refractivity contribution in [3.05, 3.63) is 0 Å². The molecule has 9 heavy (non-hydrogen) atoms. The van der Waals surface area contributed by atoms with E-state index < -0.39 is 10.8 Å². The molecule has 4 heteroatoms. The summed E-state index contributed by atoms with van der Waals surface area (Å²) in [6.07, 6.45) is 0. The third-order valence-electron chi connectivity index (χ3n) is 0.768. The molecule has 0 heterocycles. The van der Waals surface area contributed by atoms with Gasteiger partial charge in [0.25, 0.3) is 0 Å². The minimum atomic E-state index is -0.925. The molecule has 0 aromatic heterocycles. The van der Waals surface area contributed by atoms with Gasteiger partial charge in [0.15, 0.2) is 0 Å². The lowest BCUT2D eigenvalue weighted by Crippen LogP contribution is -2.24. The van der Waals surface area contributed by atoms with Crippen molar-refractivity contribution in [3.63, 3.8) is 0 Å². The molecule has 0 bridgehead atoms. The maximum absolute atomic E-state index is 10.7. The first kappa shape index (κ1) is 9.07. The highest BCUT2D eigenvalue weighted by Crippen LogP contribution is 1.84. The topological polar surface area (TPSA) is 63.3 Å². The lowest BCUT2D eigenvalue weighted by molar-refractivity contribution is 0.321. The van der Waals surface area contributed by atoms with Gasteiger partial charge in [-0.25, -0.2) is 0 Å². The molecule has 0 rings (SSSR count). The van der Waals surface area contributed by atoms with Gasteiger partial charge in [-0.1, -0.05) is 0 Å². The Bertz CT molecular complexity index is 95.0. The first-order chi connectivity index (χ1) is 4.16. The van der Waals surface area contributed by atoms with E-state index in [-0.39, 0.29) is 12.6 Å². The molecule has 0 saturated carbocycles. The number of aliphatic hydroxyl groups excluding tert-OH is 1. The summed E-state index contributed by atoms with van der Waals surface area (Å²) in [5, 5.41) is 8.32. The Balaban J connectivity index is 3.27. The molecule has 56 valence electrons. The van der Waals surface area contributed by atoms with Crippen LogP contribution in [0.5, 0.6) is 0 Å². The summed E-state index contributed by atoms with van der Waals surface area (Å²) < 4.78 is 10.7. The number of hydrogen-bond donors (Lipinski definition) is 2. The highest BCUT2D eigenvalue weighted by Gasteiger charge is 2.00. The van der Waals surface area contributed by atoms with Gasteiger partial charge in [0, 0.05) is 28.3 Å². The standard InChI is InChI=1S/C5H13NO2S/c1-5(6)4-9(8)3-2-7/h5,7H,2-4,6H2,1H3. The van der Waals surface area contributed by atoms with Crippen LogP contribution < -0.4 is 5.73 Å². The molecule has 0 aromatic carbocycles. The maximum atomic E-state index is 10.7. The second kappa shape index (κ2) is 4.90. The van der Waals surface area contributed by atoms with Gasteiger partial charge in [-0.3, -0.25) is 4.21 Å². The van der Waals surface area contributed by atoms with Gasteiger partial charge in [0.1, 0.15) is 0 Å². The molecule has 0 saturated heterocycles. The van der Waals surface area contributed by atoms with Crippen LogP contribution in [0.1, 0.15) is 6.92 Å². The third kappa shape index (κ3) is 5.95. The Morgan fingerprint density at radius 1 is 1.78 bits per heavy atom. The summed E-state index contributed by atoms with van der Waals surface area (Å²) in [5.41, 5.74) is 5.35. The van der Waals surface area contributed by atoms with Crippen molar-refractivity contribution in [2.75, 3.05) is 18.1 Å². The third-order valence-corrected chi connectivity index (χ3v) is 2.30. The first-order valence-electron chi connectivity index (χ1n) is 2.88. The van der Waals surface area contributed by atoms with Gasteiger partial charge in [0.2, 0.25) is 0 Å². The molecule has 0 radical (unpaired) electrons. The SMILES string of the molecule is CC(N)CS(=O)CCO. The fourth-order valence-electron chi connectivity index (χ4n) is 0.478. The average molecular weight is 151 g/mol. The van der Waals surface area contributed by atoms with Gasteiger partial charge in [-0.2, -0.15) is 0 Å². The molecule has 0 fully saturated rings. The summed E-state index contributed by atoms with van der Waals surface area (Å²) in [6, 6.07) is -0.0302. The van der Waals surface area contributed by atoms with Crippen LogP contribution in [-0.2, 0) is 10.8 Å². The Kier molecular flexibility index (Phi) is 4.94. The van der Waals surface area contributed by atoms with Gasteiger partial charge >= 0.3 is 0 Å². The first-order valence-corrected chi connectivity index (χ1v) is 4.37. The lowest BCUT2D eigenvalue weighted by atomic mass is 10.4. The van der Waals surface area contributed by atoms with Crippen molar-refractivity contribution in [2.45, 2.75) is 13.0 Å². The van der Waals surface area contributed by atoms with E-state index in [2.05, 4.69) is 0 Å². The minimum absolute atomic E-state index is 0.0146. The van der Waals surface area contributed by atoms with E-state index in [4.69, 9.17) is 10.8 Å². The molecule has 2 atom stereocenters. The van der Waals surface area contributed by atoms with Crippen LogP contribution in [0.25, 0.3) is 0 Å². The molecular formula is C5H13NO2S. The van der Waals surface area contributed by atoms with Crippen molar-refractivity contribution in [1.29, 1.82) is 0 Å². The zero-order valence-corrected chi connectivity index (χ0v) is 6.36. The molecule has 0 amide bonds. The Morgan fingerprint density at radius 3 is 2.67 bits per heavy atom. The fourth-order valence-corrected chi connectivity index (χ4v) is 1.44. The van der Waals surface area contributed by atoms with Crippen LogP contribution in [-0.4, -0.2) is 33.5 Å². The Labute approximate surface area is 57.7 Å². The normalized spacial score (nSPS) is 17.2. The number of nitrogens with two attached hydrogens (primary N) is 1. The number of hydrogen-bond acceptors (Lipinski definition) is 3. The summed E-state index contributed by atoms with van der Waals surface area (Å²) in [6.45, 7) is 1.79. The highest BCUT2D eigenvalue weighted by molar-refractivity contribution is 7.85. The van der Waals surface area contributed by atoms with E-state index >= 15 is 0 Å². The smallest absolute Gasteiger partial charge is 0.0546 e. The Morgan fingerprint density at radius 2 is 2.33 bits per heavy atom. The number of rotatable bonds is 4. The maximum Gasteiger partial charge on any atom is 0.0546 e. The summed E-state index contributed by atoms with van der Waals surface area (Å²) in [7, 11) is -0.925. The van der Waals surface area contributed by atoms with E-state index in [1.165, 1.54) is 0 Å². The summed E-state index contributed by atoms with van der Waals surface area (Å²) >= 11 is 0. The fraction of sp³-hybridized carbons (Fsp3) is 1.00. The average Bonchev–Trinajstić information content (AvgIpc) is 1.63. The molecule has 0 aromatic rings. The zero-order valence-electron chi connectivity index (χ0n) is 5.54. The van der Waals surface area contributed by atoms with E-state index in [0.29, 0.717) is 11.5 Å². The highest BCUT2D eigenvalue weighted by atomic mass is 32.2.